The minimum absolute atomic E-state index is 0.0758. The molecule has 1 saturated heterocycles. The molecule has 2 amide bonds. The third-order valence-corrected chi connectivity index (χ3v) is 3.00. The highest BCUT2D eigenvalue weighted by Crippen LogP contribution is 2.23. The lowest BCUT2D eigenvalue weighted by Gasteiger charge is -2.20. The molecule has 2 rings (SSSR count). The van der Waals surface area contributed by atoms with E-state index in [1.165, 1.54) is 12.0 Å². The van der Waals surface area contributed by atoms with Gasteiger partial charge < -0.3 is 20.7 Å². The molecule has 0 aliphatic carbocycles. The predicted molar refractivity (Wildman–Crippen MR) is 70.9 cm³/mol. The highest BCUT2D eigenvalue weighted by atomic mass is 16.5. The van der Waals surface area contributed by atoms with Crippen molar-refractivity contribution in [2.75, 3.05) is 32.5 Å². The van der Waals surface area contributed by atoms with Gasteiger partial charge in [-0.15, -0.1) is 0 Å². The molecule has 0 aromatic heterocycles. The zero-order chi connectivity index (χ0) is 13.8. The van der Waals surface area contributed by atoms with Gasteiger partial charge in [0.2, 0.25) is 5.91 Å². The van der Waals surface area contributed by atoms with Crippen LogP contribution in [-0.4, -0.2) is 43.5 Å². The van der Waals surface area contributed by atoms with Gasteiger partial charge >= 0.3 is 0 Å². The standard InChI is InChI=1S/C13H17N3O3/c1-19-11-7-9(14)3-4-10(11)13(18)16-6-2-5-15-12(17)8-16/h3-4,7H,2,5-6,8,14H2,1H3,(H,15,17). The quantitative estimate of drug-likeness (QED) is 0.749. The molecule has 6 heteroatoms. The smallest absolute Gasteiger partial charge is 0.258 e. The number of methoxy groups -OCH3 is 1. The van der Waals surface area contributed by atoms with Crippen molar-refractivity contribution in [3.05, 3.63) is 23.8 Å². The molecule has 6 nitrogen and oxygen atoms in total. The first kappa shape index (κ1) is 13.2. The van der Waals surface area contributed by atoms with E-state index in [1.54, 1.807) is 18.2 Å². The highest BCUT2D eigenvalue weighted by molar-refractivity contribution is 5.99. The number of amides is 2. The normalized spacial score (nSPS) is 15.6. The number of carbonyl (C=O) groups excluding carboxylic acids is 2. The molecule has 19 heavy (non-hydrogen) atoms. The van der Waals surface area contributed by atoms with E-state index in [2.05, 4.69) is 5.32 Å². The molecule has 0 unspecified atom stereocenters. The molecule has 102 valence electrons. The fraction of sp³-hybridized carbons (Fsp3) is 0.385. The van der Waals surface area contributed by atoms with Gasteiger partial charge in [-0.2, -0.15) is 0 Å². The number of nitrogens with zero attached hydrogens (tertiary/aromatic N) is 1. The van der Waals surface area contributed by atoms with Crippen LogP contribution in [0.1, 0.15) is 16.8 Å². The van der Waals surface area contributed by atoms with Gasteiger partial charge in [0.25, 0.3) is 5.91 Å². The van der Waals surface area contributed by atoms with E-state index in [9.17, 15) is 9.59 Å². The van der Waals surface area contributed by atoms with E-state index >= 15 is 0 Å². The lowest BCUT2D eigenvalue weighted by atomic mass is 10.1. The second kappa shape index (κ2) is 5.60. The number of nitrogens with one attached hydrogen (secondary N) is 1. The van der Waals surface area contributed by atoms with Crippen molar-refractivity contribution in [3.63, 3.8) is 0 Å². The summed E-state index contributed by atoms with van der Waals surface area (Å²) in [6, 6.07) is 4.87. The van der Waals surface area contributed by atoms with Crippen molar-refractivity contribution in [3.8, 4) is 5.75 Å². The van der Waals surface area contributed by atoms with E-state index in [4.69, 9.17) is 10.5 Å². The zero-order valence-corrected chi connectivity index (χ0v) is 10.8. The first-order chi connectivity index (χ1) is 9.11. The highest BCUT2D eigenvalue weighted by Gasteiger charge is 2.23. The maximum Gasteiger partial charge on any atom is 0.258 e. The minimum atomic E-state index is -0.214. The van der Waals surface area contributed by atoms with Gasteiger partial charge in [-0.3, -0.25) is 9.59 Å². The molecule has 0 bridgehead atoms. The average Bonchev–Trinajstić information content (AvgIpc) is 2.62. The van der Waals surface area contributed by atoms with Gasteiger partial charge in [-0.1, -0.05) is 0 Å². The third-order valence-electron chi connectivity index (χ3n) is 3.00. The van der Waals surface area contributed by atoms with Gasteiger partial charge in [-0.25, -0.2) is 0 Å². The number of ether oxygens (including phenoxy) is 1. The van der Waals surface area contributed by atoms with Crippen LogP contribution in [0.25, 0.3) is 0 Å². The largest absolute Gasteiger partial charge is 0.496 e. The van der Waals surface area contributed by atoms with Crippen LogP contribution in [-0.2, 0) is 4.79 Å². The predicted octanol–water partition coefficient (Wildman–Crippen LogP) is 0.240. The molecule has 1 aromatic carbocycles. The van der Waals surface area contributed by atoms with Crippen molar-refractivity contribution < 1.29 is 14.3 Å². The zero-order valence-electron chi connectivity index (χ0n) is 10.8. The first-order valence-corrected chi connectivity index (χ1v) is 6.11. The molecular weight excluding hydrogens is 246 g/mol. The Morgan fingerprint density at radius 3 is 3.00 bits per heavy atom. The molecule has 1 heterocycles. The van der Waals surface area contributed by atoms with E-state index in [-0.39, 0.29) is 18.4 Å². The summed E-state index contributed by atoms with van der Waals surface area (Å²) in [5.74, 6) is 0.0730. The number of hydrogen-bond acceptors (Lipinski definition) is 4. The Morgan fingerprint density at radius 1 is 1.47 bits per heavy atom. The average molecular weight is 263 g/mol. The fourth-order valence-corrected chi connectivity index (χ4v) is 2.03. The number of anilines is 1. The lowest BCUT2D eigenvalue weighted by Crippen LogP contribution is -2.37. The Kier molecular flexibility index (Phi) is 3.89. The Bertz CT molecular complexity index is 502. The summed E-state index contributed by atoms with van der Waals surface area (Å²) in [5.41, 5.74) is 6.61. The van der Waals surface area contributed by atoms with Crippen LogP contribution in [0.5, 0.6) is 5.75 Å². The van der Waals surface area contributed by atoms with Crippen LogP contribution in [0.3, 0.4) is 0 Å². The van der Waals surface area contributed by atoms with Crippen LogP contribution in [0.4, 0.5) is 5.69 Å². The molecule has 0 saturated carbocycles. The molecule has 1 aliphatic heterocycles. The molecule has 1 fully saturated rings. The molecular formula is C13H17N3O3. The van der Waals surface area contributed by atoms with Crippen molar-refractivity contribution in [2.24, 2.45) is 0 Å². The Balaban J connectivity index is 2.25. The van der Waals surface area contributed by atoms with Crippen LogP contribution < -0.4 is 15.8 Å². The van der Waals surface area contributed by atoms with Gasteiger partial charge in [0, 0.05) is 24.8 Å². The summed E-state index contributed by atoms with van der Waals surface area (Å²) in [6.07, 6.45) is 0.745. The summed E-state index contributed by atoms with van der Waals surface area (Å²) in [7, 11) is 1.49. The van der Waals surface area contributed by atoms with Crippen molar-refractivity contribution in [2.45, 2.75) is 6.42 Å². The second-order valence-corrected chi connectivity index (χ2v) is 4.39. The molecule has 0 atom stereocenters. The maximum atomic E-state index is 12.4. The topological polar surface area (TPSA) is 84.7 Å². The van der Waals surface area contributed by atoms with Crippen molar-refractivity contribution >= 4 is 17.5 Å². The summed E-state index contributed by atoms with van der Waals surface area (Å²) < 4.78 is 5.17. The van der Waals surface area contributed by atoms with Gasteiger partial charge in [0.1, 0.15) is 5.75 Å². The first-order valence-electron chi connectivity index (χ1n) is 6.11. The number of hydrogen-bond donors (Lipinski definition) is 2. The number of carbonyl (C=O) groups is 2. The number of benzene rings is 1. The van der Waals surface area contributed by atoms with Crippen LogP contribution >= 0.6 is 0 Å². The third kappa shape index (κ3) is 2.96. The number of nitrogen functional groups attached to an aromatic ring is 1. The number of rotatable bonds is 2. The van der Waals surface area contributed by atoms with Crippen molar-refractivity contribution in [1.82, 2.24) is 10.2 Å². The Hall–Kier alpha value is -2.24. The van der Waals surface area contributed by atoms with Gasteiger partial charge in [0.05, 0.1) is 19.2 Å². The molecule has 1 aromatic rings. The summed E-state index contributed by atoms with van der Waals surface area (Å²) in [6.45, 7) is 1.22. The molecule has 3 N–H and O–H groups in total. The summed E-state index contributed by atoms with van der Waals surface area (Å²) in [5, 5.41) is 2.73. The Morgan fingerprint density at radius 2 is 2.26 bits per heavy atom. The van der Waals surface area contributed by atoms with E-state index in [0.29, 0.717) is 30.1 Å². The van der Waals surface area contributed by atoms with Crippen LogP contribution in [0.15, 0.2) is 18.2 Å². The molecule has 1 aliphatic rings. The fourth-order valence-electron chi connectivity index (χ4n) is 2.03. The molecule has 0 spiro atoms. The summed E-state index contributed by atoms with van der Waals surface area (Å²) >= 11 is 0. The lowest BCUT2D eigenvalue weighted by molar-refractivity contribution is -0.121. The van der Waals surface area contributed by atoms with E-state index < -0.39 is 0 Å². The Labute approximate surface area is 111 Å². The van der Waals surface area contributed by atoms with Crippen LogP contribution in [0.2, 0.25) is 0 Å². The van der Waals surface area contributed by atoms with Crippen molar-refractivity contribution in [1.29, 1.82) is 0 Å². The van der Waals surface area contributed by atoms with Gasteiger partial charge in [0.15, 0.2) is 0 Å². The van der Waals surface area contributed by atoms with E-state index in [0.717, 1.165) is 6.42 Å². The summed E-state index contributed by atoms with van der Waals surface area (Å²) in [4.78, 5) is 25.4. The number of nitrogens with two attached hydrogens (primary N) is 1. The van der Waals surface area contributed by atoms with Gasteiger partial charge in [-0.05, 0) is 18.6 Å². The maximum absolute atomic E-state index is 12.4. The SMILES string of the molecule is COc1cc(N)ccc1C(=O)N1CCCNC(=O)C1. The van der Waals surface area contributed by atoms with E-state index in [1.807, 2.05) is 0 Å². The molecule has 0 radical (unpaired) electrons. The minimum Gasteiger partial charge on any atom is -0.496 e. The monoisotopic (exact) mass is 263 g/mol. The van der Waals surface area contributed by atoms with Crippen LogP contribution in [0, 0.1) is 0 Å². The second-order valence-electron chi connectivity index (χ2n) is 4.39.